The Labute approximate surface area is 98.3 Å². The van der Waals surface area contributed by atoms with Crippen molar-refractivity contribution in [2.24, 2.45) is 0 Å². The lowest BCUT2D eigenvalue weighted by atomic mass is 10.1. The zero-order valence-corrected chi connectivity index (χ0v) is 9.60. The van der Waals surface area contributed by atoms with Crippen LogP contribution in [-0.2, 0) is 19.1 Å². The van der Waals surface area contributed by atoms with Crippen molar-refractivity contribution in [2.75, 3.05) is 6.61 Å². The lowest BCUT2D eigenvalue weighted by Crippen LogP contribution is -2.16. The Kier molecular flexibility index (Phi) is 4.63. The molecule has 92 valence electrons. The van der Waals surface area contributed by atoms with E-state index < -0.39 is 23.9 Å². The Morgan fingerprint density at radius 1 is 1.29 bits per heavy atom. The molecule has 1 aromatic carbocycles. The van der Waals surface area contributed by atoms with E-state index in [4.69, 9.17) is 9.47 Å². The van der Waals surface area contributed by atoms with Gasteiger partial charge in [0.1, 0.15) is 12.4 Å². The molecule has 0 bridgehead atoms. The van der Waals surface area contributed by atoms with E-state index in [0.29, 0.717) is 5.56 Å². The van der Waals surface area contributed by atoms with Gasteiger partial charge in [-0.05, 0) is 17.7 Å². The summed E-state index contributed by atoms with van der Waals surface area (Å²) in [6.07, 6.45) is -0.785. The van der Waals surface area contributed by atoms with Gasteiger partial charge in [-0.25, -0.2) is 4.39 Å². The summed E-state index contributed by atoms with van der Waals surface area (Å²) in [4.78, 5) is 21.6. The summed E-state index contributed by atoms with van der Waals surface area (Å²) in [5.41, 5.74) is 0.446. The van der Waals surface area contributed by atoms with E-state index in [1.807, 2.05) is 0 Å². The number of hydrogen-bond donors (Lipinski definition) is 0. The van der Waals surface area contributed by atoms with Gasteiger partial charge in [0, 0.05) is 13.8 Å². The van der Waals surface area contributed by atoms with E-state index in [0.717, 1.165) is 0 Å². The Bertz CT molecular complexity index is 417. The second kappa shape index (κ2) is 5.98. The molecule has 0 aliphatic heterocycles. The first-order chi connectivity index (χ1) is 7.99. The highest BCUT2D eigenvalue weighted by Crippen LogP contribution is 2.19. The normalized spacial score (nSPS) is 11.7. The number of benzene rings is 1. The average Bonchev–Trinajstić information content (AvgIpc) is 2.23. The third-order valence-electron chi connectivity index (χ3n) is 1.97. The largest absolute Gasteiger partial charge is 0.462 e. The van der Waals surface area contributed by atoms with E-state index in [-0.39, 0.29) is 6.61 Å². The van der Waals surface area contributed by atoms with Crippen LogP contribution in [0.1, 0.15) is 25.5 Å². The van der Waals surface area contributed by atoms with Crippen LogP contribution < -0.4 is 0 Å². The molecular weight excluding hydrogens is 227 g/mol. The molecule has 0 saturated heterocycles. The minimum Gasteiger partial charge on any atom is -0.462 e. The molecule has 4 nitrogen and oxygen atoms in total. The number of rotatable bonds is 4. The monoisotopic (exact) mass is 240 g/mol. The first-order valence-electron chi connectivity index (χ1n) is 5.05. The van der Waals surface area contributed by atoms with Crippen LogP contribution >= 0.6 is 0 Å². The predicted octanol–water partition coefficient (Wildman–Crippen LogP) is 1.99. The molecule has 0 heterocycles. The second-order valence-electron chi connectivity index (χ2n) is 3.46. The Hall–Kier alpha value is -1.91. The van der Waals surface area contributed by atoms with Gasteiger partial charge in [-0.2, -0.15) is 0 Å². The highest BCUT2D eigenvalue weighted by molar-refractivity contribution is 5.67. The SMILES string of the molecule is CC(=O)OC[C@H](OC(C)=O)c1cccc(F)c1. The van der Waals surface area contributed by atoms with Gasteiger partial charge in [0.2, 0.25) is 0 Å². The van der Waals surface area contributed by atoms with E-state index >= 15 is 0 Å². The van der Waals surface area contributed by atoms with E-state index in [1.54, 1.807) is 6.07 Å². The summed E-state index contributed by atoms with van der Waals surface area (Å²) >= 11 is 0. The summed E-state index contributed by atoms with van der Waals surface area (Å²) in [6, 6.07) is 5.60. The number of esters is 2. The lowest BCUT2D eigenvalue weighted by molar-refractivity contribution is -0.156. The van der Waals surface area contributed by atoms with Crippen molar-refractivity contribution < 1.29 is 23.5 Å². The molecule has 1 rings (SSSR count). The van der Waals surface area contributed by atoms with Crippen LogP contribution in [0.5, 0.6) is 0 Å². The molecule has 0 fully saturated rings. The molecule has 0 saturated carbocycles. The minimum atomic E-state index is -0.785. The maximum Gasteiger partial charge on any atom is 0.303 e. The van der Waals surface area contributed by atoms with Crippen molar-refractivity contribution in [2.45, 2.75) is 20.0 Å². The third kappa shape index (κ3) is 4.63. The van der Waals surface area contributed by atoms with Crippen LogP contribution in [0.2, 0.25) is 0 Å². The molecule has 1 aromatic rings. The summed E-state index contributed by atoms with van der Waals surface area (Å²) in [6.45, 7) is 2.36. The Morgan fingerprint density at radius 3 is 2.53 bits per heavy atom. The number of carbonyl (C=O) groups is 2. The van der Waals surface area contributed by atoms with E-state index in [9.17, 15) is 14.0 Å². The van der Waals surface area contributed by atoms with Crippen LogP contribution in [0.15, 0.2) is 24.3 Å². The fraction of sp³-hybridized carbons (Fsp3) is 0.333. The van der Waals surface area contributed by atoms with Crippen LogP contribution in [0, 0.1) is 5.82 Å². The minimum absolute atomic E-state index is 0.127. The van der Waals surface area contributed by atoms with Gasteiger partial charge in [0.25, 0.3) is 0 Å². The molecule has 17 heavy (non-hydrogen) atoms. The molecule has 5 heteroatoms. The molecule has 0 aromatic heterocycles. The molecule has 0 N–H and O–H groups in total. The van der Waals surface area contributed by atoms with Crippen molar-refractivity contribution in [1.29, 1.82) is 0 Å². The molecule has 1 atom stereocenters. The zero-order chi connectivity index (χ0) is 12.8. The number of ether oxygens (including phenoxy) is 2. The van der Waals surface area contributed by atoms with Crippen LogP contribution in [0.4, 0.5) is 4.39 Å². The predicted molar refractivity (Wildman–Crippen MR) is 57.5 cm³/mol. The summed E-state index contributed by atoms with van der Waals surface area (Å²) in [7, 11) is 0. The highest BCUT2D eigenvalue weighted by atomic mass is 19.1. The van der Waals surface area contributed by atoms with Gasteiger partial charge in [-0.1, -0.05) is 12.1 Å². The van der Waals surface area contributed by atoms with Crippen molar-refractivity contribution in [1.82, 2.24) is 0 Å². The van der Waals surface area contributed by atoms with Crippen LogP contribution in [0.3, 0.4) is 0 Å². The Balaban J connectivity index is 2.81. The maximum atomic E-state index is 13.0. The van der Waals surface area contributed by atoms with E-state index in [1.165, 1.54) is 32.0 Å². The zero-order valence-electron chi connectivity index (χ0n) is 9.60. The number of carbonyl (C=O) groups excluding carboxylic acids is 2. The van der Waals surface area contributed by atoms with Gasteiger partial charge in [-0.3, -0.25) is 9.59 Å². The first-order valence-corrected chi connectivity index (χ1v) is 5.05. The molecule has 0 aliphatic carbocycles. The first kappa shape index (κ1) is 13.2. The van der Waals surface area contributed by atoms with Crippen molar-refractivity contribution in [3.63, 3.8) is 0 Å². The molecule has 0 unspecified atom stereocenters. The fourth-order valence-electron chi connectivity index (χ4n) is 1.30. The summed E-state index contributed by atoms with van der Waals surface area (Å²) < 4.78 is 22.7. The van der Waals surface area contributed by atoms with Crippen molar-refractivity contribution in [3.05, 3.63) is 35.6 Å². The van der Waals surface area contributed by atoms with Crippen LogP contribution in [-0.4, -0.2) is 18.5 Å². The smallest absolute Gasteiger partial charge is 0.303 e. The molecular formula is C12H13FO4. The maximum absolute atomic E-state index is 13.0. The quantitative estimate of drug-likeness (QED) is 0.755. The lowest BCUT2D eigenvalue weighted by Gasteiger charge is -2.17. The number of hydrogen-bond acceptors (Lipinski definition) is 4. The van der Waals surface area contributed by atoms with Gasteiger partial charge in [0.05, 0.1) is 0 Å². The topological polar surface area (TPSA) is 52.6 Å². The molecule has 0 spiro atoms. The third-order valence-corrected chi connectivity index (χ3v) is 1.97. The van der Waals surface area contributed by atoms with Crippen molar-refractivity contribution in [3.8, 4) is 0 Å². The number of halogens is 1. The highest BCUT2D eigenvalue weighted by Gasteiger charge is 2.16. The van der Waals surface area contributed by atoms with E-state index in [2.05, 4.69) is 0 Å². The molecule has 0 radical (unpaired) electrons. The van der Waals surface area contributed by atoms with Gasteiger partial charge >= 0.3 is 11.9 Å². The van der Waals surface area contributed by atoms with Crippen LogP contribution in [0.25, 0.3) is 0 Å². The summed E-state index contributed by atoms with van der Waals surface area (Å²) in [5.74, 6) is -1.45. The molecule has 0 aliphatic rings. The standard InChI is InChI=1S/C12H13FO4/c1-8(14)16-7-12(17-9(2)15)10-4-3-5-11(13)6-10/h3-6,12H,7H2,1-2H3/t12-/m0/s1. The van der Waals surface area contributed by atoms with Gasteiger partial charge < -0.3 is 9.47 Å². The van der Waals surface area contributed by atoms with Gasteiger partial charge in [0.15, 0.2) is 6.10 Å². The van der Waals surface area contributed by atoms with Crippen molar-refractivity contribution >= 4 is 11.9 Å². The summed E-state index contributed by atoms with van der Waals surface area (Å²) in [5, 5.41) is 0. The average molecular weight is 240 g/mol. The van der Waals surface area contributed by atoms with Gasteiger partial charge in [-0.15, -0.1) is 0 Å². The second-order valence-corrected chi connectivity index (χ2v) is 3.46. The molecule has 0 amide bonds. The fourth-order valence-corrected chi connectivity index (χ4v) is 1.30. The Morgan fingerprint density at radius 2 is 2.00 bits per heavy atom.